The molecular weight excluding hydrogens is 647 g/mol. The van der Waals surface area contributed by atoms with Crippen molar-refractivity contribution in [3.8, 4) is 11.1 Å². The first-order valence-corrected chi connectivity index (χ1v) is 16.9. The minimum Gasteiger partial charge on any atom is -0.378 e. The van der Waals surface area contributed by atoms with E-state index in [2.05, 4.69) is 20.8 Å². The van der Waals surface area contributed by atoms with Gasteiger partial charge >= 0.3 is 7.82 Å². The SMILES string of the molecule is CC(C)(C)C(OP(=O)(O)O)(n1cc(-c2ccn(Cc3cccc(Br)c3)c(=O)c2)c2cc(N3CCOCC3)cnc21)C(C)(C)C. The van der Waals surface area contributed by atoms with Crippen molar-refractivity contribution in [2.75, 3.05) is 31.2 Å². The molecule has 1 fully saturated rings. The number of hydrogen-bond acceptors (Lipinski definition) is 6. The number of ether oxygens (including phenoxy) is 1. The van der Waals surface area contributed by atoms with Crippen LogP contribution in [0.1, 0.15) is 47.1 Å². The second kappa shape index (κ2) is 11.9. The predicted octanol–water partition coefficient (Wildman–Crippen LogP) is 6.37. The average molecular weight is 688 g/mol. The van der Waals surface area contributed by atoms with Gasteiger partial charge in [0.1, 0.15) is 5.65 Å². The molecule has 3 aromatic heterocycles. The molecule has 0 aliphatic carbocycles. The topological polar surface area (TPSA) is 119 Å². The molecule has 44 heavy (non-hydrogen) atoms. The van der Waals surface area contributed by atoms with Crippen molar-refractivity contribution in [2.24, 2.45) is 10.8 Å². The van der Waals surface area contributed by atoms with Crippen LogP contribution < -0.4 is 10.5 Å². The Bertz CT molecular complexity index is 1760. The van der Waals surface area contributed by atoms with Gasteiger partial charge in [0, 0.05) is 57.8 Å². The van der Waals surface area contributed by atoms with E-state index in [1.165, 1.54) is 0 Å². The second-order valence-corrected chi connectivity index (χ2v) is 15.4. The molecule has 236 valence electrons. The van der Waals surface area contributed by atoms with Crippen molar-refractivity contribution in [1.82, 2.24) is 14.1 Å². The maximum Gasteiger partial charge on any atom is 0.471 e. The third kappa shape index (κ3) is 6.32. The first-order chi connectivity index (χ1) is 20.5. The van der Waals surface area contributed by atoms with E-state index in [1.54, 1.807) is 27.6 Å². The zero-order valence-corrected chi connectivity index (χ0v) is 28.4. The van der Waals surface area contributed by atoms with Crippen molar-refractivity contribution < 1.29 is 23.6 Å². The molecular formula is C32H40BrN4O6P. The number of hydrogen-bond donors (Lipinski definition) is 2. The first kappa shape index (κ1) is 32.6. The Morgan fingerprint density at radius 1 is 1.02 bits per heavy atom. The molecule has 10 nitrogen and oxygen atoms in total. The number of phosphoric ester groups is 1. The minimum absolute atomic E-state index is 0.176. The molecule has 0 radical (unpaired) electrons. The highest BCUT2D eigenvalue weighted by Crippen LogP contribution is 2.59. The Morgan fingerprint density at radius 2 is 1.70 bits per heavy atom. The Kier molecular flexibility index (Phi) is 8.78. The van der Waals surface area contributed by atoms with Crippen LogP contribution >= 0.6 is 23.8 Å². The van der Waals surface area contributed by atoms with Crippen molar-refractivity contribution in [3.63, 3.8) is 0 Å². The number of rotatable bonds is 7. The molecule has 4 heterocycles. The van der Waals surface area contributed by atoms with E-state index < -0.39 is 24.4 Å². The molecule has 0 amide bonds. The van der Waals surface area contributed by atoms with E-state index in [9.17, 15) is 19.1 Å². The van der Waals surface area contributed by atoms with Crippen LogP contribution in [0.3, 0.4) is 0 Å². The maximum absolute atomic E-state index is 13.4. The molecule has 12 heteroatoms. The summed E-state index contributed by atoms with van der Waals surface area (Å²) in [7, 11) is -5.00. The van der Waals surface area contributed by atoms with Crippen LogP contribution in [0.2, 0.25) is 0 Å². The number of aromatic nitrogens is 3. The molecule has 0 unspecified atom stereocenters. The molecule has 1 aromatic carbocycles. The first-order valence-electron chi connectivity index (χ1n) is 14.6. The molecule has 5 rings (SSSR count). The maximum atomic E-state index is 13.4. The fraction of sp³-hybridized carbons (Fsp3) is 0.438. The van der Waals surface area contributed by atoms with Gasteiger partial charge in [0.25, 0.3) is 5.56 Å². The summed E-state index contributed by atoms with van der Waals surface area (Å²) < 4.78 is 28.4. The zero-order chi connectivity index (χ0) is 32.1. The highest BCUT2D eigenvalue weighted by atomic mass is 79.9. The normalized spacial score (nSPS) is 15.2. The van der Waals surface area contributed by atoms with Crippen LogP contribution in [0, 0.1) is 10.8 Å². The summed E-state index contributed by atoms with van der Waals surface area (Å²) in [6, 6.07) is 13.3. The number of benzene rings is 1. The Labute approximate surface area is 266 Å². The molecule has 0 bridgehead atoms. The second-order valence-electron chi connectivity index (χ2n) is 13.3. The molecule has 1 saturated heterocycles. The van der Waals surface area contributed by atoms with Gasteiger partial charge < -0.3 is 28.6 Å². The summed E-state index contributed by atoms with van der Waals surface area (Å²) in [5.41, 5.74) is 0.411. The van der Waals surface area contributed by atoms with Gasteiger partial charge in [-0.25, -0.2) is 9.55 Å². The molecule has 0 spiro atoms. The largest absolute Gasteiger partial charge is 0.471 e. The molecule has 1 aliphatic rings. The minimum atomic E-state index is -5.00. The van der Waals surface area contributed by atoms with E-state index in [4.69, 9.17) is 14.2 Å². The lowest BCUT2D eigenvalue weighted by atomic mass is 9.68. The van der Waals surface area contributed by atoms with Crippen molar-refractivity contribution in [2.45, 2.75) is 53.8 Å². The summed E-state index contributed by atoms with van der Waals surface area (Å²) in [5, 5.41) is 0.741. The Balaban J connectivity index is 1.74. The highest BCUT2D eigenvalue weighted by Gasteiger charge is 2.57. The number of morpholine rings is 1. The van der Waals surface area contributed by atoms with E-state index in [0.29, 0.717) is 49.6 Å². The monoisotopic (exact) mass is 686 g/mol. The van der Waals surface area contributed by atoms with Crippen molar-refractivity contribution >= 4 is 40.5 Å². The van der Waals surface area contributed by atoms with Crippen LogP contribution in [-0.4, -0.2) is 50.2 Å². The third-order valence-electron chi connectivity index (χ3n) is 8.18. The molecule has 4 aromatic rings. The molecule has 1 aliphatic heterocycles. The summed E-state index contributed by atoms with van der Waals surface area (Å²) in [4.78, 5) is 41.0. The lowest BCUT2D eigenvalue weighted by Crippen LogP contribution is -2.56. The van der Waals surface area contributed by atoms with Gasteiger partial charge in [0.15, 0.2) is 5.72 Å². The molecule has 2 N–H and O–H groups in total. The molecule has 0 saturated carbocycles. The summed E-state index contributed by atoms with van der Waals surface area (Å²) >= 11 is 3.49. The number of phosphoric acid groups is 1. The fourth-order valence-corrected chi connectivity index (χ4v) is 7.96. The van der Waals surface area contributed by atoms with Gasteiger partial charge in [-0.05, 0) is 35.4 Å². The van der Waals surface area contributed by atoms with Crippen molar-refractivity contribution in [3.05, 3.63) is 81.4 Å². The van der Waals surface area contributed by atoms with E-state index >= 15 is 0 Å². The summed E-state index contributed by atoms with van der Waals surface area (Å²) in [5.74, 6) is 0. The standard InChI is InChI=1S/C32H40BrN4O6P/c1-30(2,3)32(31(4,5)6,43-44(39,40)41)37-21-27(26-18-25(19-34-29(26)37)35-12-14-42-15-13-35)23-10-11-36(28(38)17-23)20-22-8-7-9-24(33)16-22/h7-11,16-19,21H,12-15,20H2,1-6H3,(H2,39,40,41). The van der Waals surface area contributed by atoms with Crippen LogP contribution in [0.4, 0.5) is 5.69 Å². The van der Waals surface area contributed by atoms with E-state index in [1.807, 2.05) is 84.1 Å². The quantitative estimate of drug-likeness (QED) is 0.216. The zero-order valence-electron chi connectivity index (χ0n) is 26.0. The number of fused-ring (bicyclic) bond motifs is 1. The lowest BCUT2D eigenvalue weighted by molar-refractivity contribution is -0.188. The average Bonchev–Trinajstić information content (AvgIpc) is 3.30. The Hall–Kier alpha value is -2.79. The Morgan fingerprint density at radius 3 is 2.30 bits per heavy atom. The van der Waals surface area contributed by atoms with Crippen LogP contribution in [0.5, 0.6) is 0 Å². The van der Waals surface area contributed by atoms with Crippen molar-refractivity contribution in [1.29, 1.82) is 0 Å². The predicted molar refractivity (Wildman–Crippen MR) is 176 cm³/mol. The van der Waals surface area contributed by atoms with Gasteiger partial charge in [-0.3, -0.25) is 9.32 Å². The highest BCUT2D eigenvalue weighted by molar-refractivity contribution is 9.10. The smallest absolute Gasteiger partial charge is 0.378 e. The van der Waals surface area contributed by atoms with Crippen LogP contribution in [0.15, 0.2) is 70.3 Å². The van der Waals surface area contributed by atoms with Crippen LogP contribution in [0.25, 0.3) is 22.2 Å². The fourth-order valence-electron chi connectivity index (χ4n) is 6.54. The van der Waals surface area contributed by atoms with E-state index in [0.717, 1.165) is 21.1 Å². The molecule has 0 atom stereocenters. The number of halogens is 1. The number of pyridine rings is 2. The van der Waals surface area contributed by atoms with Gasteiger partial charge in [-0.1, -0.05) is 69.6 Å². The van der Waals surface area contributed by atoms with Gasteiger partial charge in [-0.2, -0.15) is 0 Å². The number of nitrogens with zero attached hydrogens (tertiary/aromatic N) is 4. The van der Waals surface area contributed by atoms with Gasteiger partial charge in [0.2, 0.25) is 0 Å². The summed E-state index contributed by atoms with van der Waals surface area (Å²) in [6.45, 7) is 14.4. The summed E-state index contributed by atoms with van der Waals surface area (Å²) in [6.07, 6.45) is 5.37. The number of anilines is 1. The van der Waals surface area contributed by atoms with Gasteiger partial charge in [-0.15, -0.1) is 0 Å². The van der Waals surface area contributed by atoms with E-state index in [-0.39, 0.29) is 5.56 Å². The van der Waals surface area contributed by atoms with Crippen LogP contribution in [-0.2, 0) is 26.1 Å². The van der Waals surface area contributed by atoms with Gasteiger partial charge in [0.05, 0.1) is 31.6 Å². The lowest BCUT2D eigenvalue weighted by Gasteiger charge is -2.53. The third-order valence-corrected chi connectivity index (χ3v) is 9.17.